The number of alkyl halides is 3. The number of hydrogen-bond acceptors (Lipinski definition) is 6. The van der Waals surface area contributed by atoms with Gasteiger partial charge in [0.05, 0.1) is 18.9 Å². The van der Waals surface area contributed by atoms with Crippen LogP contribution in [0.25, 0.3) is 11.3 Å². The van der Waals surface area contributed by atoms with Crippen molar-refractivity contribution in [2.24, 2.45) is 11.8 Å². The van der Waals surface area contributed by atoms with Gasteiger partial charge in [-0.1, -0.05) is 0 Å². The molecule has 2 unspecified atom stereocenters. The number of fused-ring (bicyclic) bond motifs is 1. The van der Waals surface area contributed by atoms with Gasteiger partial charge in [-0.3, -0.25) is 4.90 Å². The lowest BCUT2D eigenvalue weighted by Crippen LogP contribution is -2.43. The third kappa shape index (κ3) is 3.73. The topological polar surface area (TPSA) is 78.4 Å². The predicted molar refractivity (Wildman–Crippen MR) is 110 cm³/mol. The van der Waals surface area contributed by atoms with E-state index < -0.39 is 12.1 Å². The molecule has 2 aromatic heterocycles. The number of nitrogen functional groups attached to an aromatic ring is 1. The number of morpholine rings is 1. The highest BCUT2D eigenvalue weighted by Crippen LogP contribution is 2.62. The van der Waals surface area contributed by atoms with Crippen LogP contribution in [0.15, 0.2) is 18.5 Å². The fraction of sp³-hybridized carbons (Fsp3) is 0.636. The Balaban J connectivity index is 1.23. The summed E-state index contributed by atoms with van der Waals surface area (Å²) in [6.07, 6.45) is 3.24. The second-order valence-corrected chi connectivity index (χ2v) is 9.41. The summed E-state index contributed by atoms with van der Waals surface area (Å²) in [4.78, 5) is 11.3. The Bertz CT molecular complexity index is 1000. The predicted octanol–water partition coefficient (Wildman–Crippen LogP) is 3.59. The molecule has 3 saturated carbocycles. The number of nitrogens with two attached hydrogens (primary N) is 1. The summed E-state index contributed by atoms with van der Waals surface area (Å²) >= 11 is 0. The maximum absolute atomic E-state index is 12.7. The fourth-order valence-electron chi connectivity index (χ4n) is 5.66. The van der Waals surface area contributed by atoms with E-state index in [1.165, 1.54) is 25.1 Å². The average Bonchev–Trinajstić information content (AvgIpc) is 3.63. The number of hydrogen-bond donors (Lipinski definition) is 1. The van der Waals surface area contributed by atoms with Gasteiger partial charge in [-0.2, -0.15) is 0 Å². The highest BCUT2D eigenvalue weighted by Gasteiger charge is 2.58. The van der Waals surface area contributed by atoms with Gasteiger partial charge in [0.2, 0.25) is 0 Å². The molecule has 2 N–H and O–H groups in total. The van der Waals surface area contributed by atoms with Gasteiger partial charge in [0.15, 0.2) is 11.6 Å². The molecule has 3 heterocycles. The van der Waals surface area contributed by atoms with Crippen LogP contribution in [0.5, 0.6) is 5.75 Å². The monoisotopic (exact) mass is 449 g/mol. The summed E-state index contributed by atoms with van der Waals surface area (Å²) in [6.45, 7) is 3.68. The molecular weight excluding hydrogens is 423 g/mol. The molecule has 1 aliphatic heterocycles. The van der Waals surface area contributed by atoms with Crippen LogP contribution in [0.1, 0.15) is 43.5 Å². The van der Waals surface area contributed by atoms with Crippen LogP contribution in [-0.2, 0) is 4.74 Å². The van der Waals surface area contributed by atoms with E-state index in [0.717, 1.165) is 45.0 Å². The number of anilines is 1. The van der Waals surface area contributed by atoms with Crippen LogP contribution < -0.4 is 10.5 Å². The summed E-state index contributed by atoms with van der Waals surface area (Å²) in [7, 11) is 0. The van der Waals surface area contributed by atoms with Crippen molar-refractivity contribution < 1.29 is 22.6 Å². The molecule has 0 amide bonds. The normalized spacial score (nSPS) is 30.3. The van der Waals surface area contributed by atoms with Crippen LogP contribution >= 0.6 is 0 Å². The van der Waals surface area contributed by atoms with Crippen molar-refractivity contribution in [3.05, 3.63) is 24.3 Å². The summed E-state index contributed by atoms with van der Waals surface area (Å²) in [5.41, 5.74) is 6.70. The molecule has 7 nitrogen and oxygen atoms in total. The number of rotatable bonds is 5. The third-order valence-corrected chi connectivity index (χ3v) is 7.36. The van der Waals surface area contributed by atoms with Gasteiger partial charge in [0.1, 0.15) is 5.82 Å². The molecule has 32 heavy (non-hydrogen) atoms. The van der Waals surface area contributed by atoms with Crippen molar-refractivity contribution in [2.75, 3.05) is 32.0 Å². The van der Waals surface area contributed by atoms with Crippen molar-refractivity contribution in [1.82, 2.24) is 19.4 Å². The fourth-order valence-corrected chi connectivity index (χ4v) is 5.66. The number of pyridine rings is 1. The molecule has 4 aliphatic rings. The number of imidazole rings is 1. The third-order valence-electron chi connectivity index (χ3n) is 7.36. The first-order valence-electron chi connectivity index (χ1n) is 11.3. The Morgan fingerprint density at radius 3 is 2.50 bits per heavy atom. The lowest BCUT2D eigenvalue weighted by Gasteiger charge is -2.33. The molecule has 1 saturated heterocycles. The van der Waals surface area contributed by atoms with Crippen molar-refractivity contribution >= 4 is 5.82 Å². The molecule has 0 bridgehead atoms. The smallest absolute Gasteiger partial charge is 0.402 e. The molecule has 6 rings (SSSR count). The first kappa shape index (κ1) is 20.3. The SMILES string of the molecule is Nc1ncc(-c2cn(C3[C@H]4CC(N5CCOCC5)C[C@@H]34)c(C3CC3)n2)cc1OC(F)(F)F. The Morgan fingerprint density at radius 2 is 1.84 bits per heavy atom. The van der Waals surface area contributed by atoms with E-state index in [2.05, 4.69) is 19.2 Å². The maximum Gasteiger partial charge on any atom is 0.573 e. The Labute approximate surface area is 183 Å². The molecule has 172 valence electrons. The van der Waals surface area contributed by atoms with Gasteiger partial charge in [0, 0.05) is 49.0 Å². The highest BCUT2D eigenvalue weighted by atomic mass is 19.4. The zero-order chi connectivity index (χ0) is 22.0. The van der Waals surface area contributed by atoms with E-state index in [1.54, 1.807) is 0 Å². The van der Waals surface area contributed by atoms with Gasteiger partial charge in [-0.05, 0) is 43.6 Å². The van der Waals surface area contributed by atoms with Crippen molar-refractivity contribution in [1.29, 1.82) is 0 Å². The molecule has 0 radical (unpaired) electrons. The number of aromatic nitrogens is 3. The maximum atomic E-state index is 12.7. The van der Waals surface area contributed by atoms with E-state index in [-0.39, 0.29) is 5.82 Å². The molecule has 4 fully saturated rings. The Morgan fingerprint density at radius 1 is 1.12 bits per heavy atom. The number of ether oxygens (including phenoxy) is 2. The zero-order valence-electron chi connectivity index (χ0n) is 17.6. The first-order chi connectivity index (χ1) is 15.4. The zero-order valence-corrected chi connectivity index (χ0v) is 17.6. The van der Waals surface area contributed by atoms with E-state index in [0.29, 0.717) is 41.1 Å². The van der Waals surface area contributed by atoms with Crippen LogP contribution in [0, 0.1) is 11.8 Å². The van der Waals surface area contributed by atoms with Crippen LogP contribution in [0.2, 0.25) is 0 Å². The Hall–Kier alpha value is -2.33. The highest BCUT2D eigenvalue weighted by molar-refractivity contribution is 5.64. The van der Waals surface area contributed by atoms with Crippen LogP contribution in [0.4, 0.5) is 19.0 Å². The van der Waals surface area contributed by atoms with E-state index >= 15 is 0 Å². The quantitative estimate of drug-likeness (QED) is 0.752. The van der Waals surface area contributed by atoms with E-state index in [1.807, 2.05) is 6.20 Å². The average molecular weight is 449 g/mol. The Kier molecular flexibility index (Phi) is 4.66. The number of nitrogens with zero attached hydrogens (tertiary/aromatic N) is 4. The van der Waals surface area contributed by atoms with Crippen molar-refractivity contribution in [3.8, 4) is 17.0 Å². The van der Waals surface area contributed by atoms with E-state index in [4.69, 9.17) is 15.5 Å². The standard InChI is InChI=1S/C22H26F3N5O2/c23-22(24,25)32-18-7-13(10-27-20(18)26)17-11-30(21(28-17)12-1-2-12)19-15-8-14(9-16(15)19)29-3-5-31-6-4-29/h7,10-12,14-16,19H,1-6,8-9H2,(H2,26,27)/t14?,15-,16+,19?. The molecule has 10 heteroatoms. The van der Waals surface area contributed by atoms with Crippen LogP contribution in [0.3, 0.4) is 0 Å². The lowest BCUT2D eigenvalue weighted by molar-refractivity contribution is -0.274. The molecule has 2 aromatic rings. The minimum atomic E-state index is -4.82. The van der Waals surface area contributed by atoms with Gasteiger partial charge in [-0.25, -0.2) is 9.97 Å². The lowest BCUT2D eigenvalue weighted by atomic mass is 10.1. The molecule has 4 atom stereocenters. The second kappa shape index (κ2) is 7.34. The summed E-state index contributed by atoms with van der Waals surface area (Å²) in [5.74, 6) is 2.00. The minimum absolute atomic E-state index is 0.293. The van der Waals surface area contributed by atoms with Gasteiger partial charge in [0.25, 0.3) is 0 Å². The minimum Gasteiger partial charge on any atom is -0.402 e. The van der Waals surface area contributed by atoms with Crippen molar-refractivity contribution in [3.63, 3.8) is 0 Å². The van der Waals surface area contributed by atoms with Crippen LogP contribution in [-0.4, -0.2) is 58.1 Å². The summed E-state index contributed by atoms with van der Waals surface area (Å²) in [5, 5.41) is 0. The van der Waals surface area contributed by atoms with Gasteiger partial charge < -0.3 is 19.8 Å². The largest absolute Gasteiger partial charge is 0.573 e. The summed E-state index contributed by atoms with van der Waals surface area (Å²) in [6, 6.07) is 2.36. The van der Waals surface area contributed by atoms with Gasteiger partial charge in [-0.15, -0.1) is 13.2 Å². The first-order valence-corrected chi connectivity index (χ1v) is 11.3. The van der Waals surface area contributed by atoms with Crippen molar-refractivity contribution in [2.45, 2.75) is 50.0 Å². The summed E-state index contributed by atoms with van der Waals surface area (Å²) < 4.78 is 50.0. The second-order valence-electron chi connectivity index (χ2n) is 9.41. The van der Waals surface area contributed by atoms with E-state index in [9.17, 15) is 13.2 Å². The van der Waals surface area contributed by atoms with Gasteiger partial charge >= 0.3 is 6.36 Å². The number of halogens is 3. The molecule has 0 spiro atoms. The molecular formula is C22H26F3N5O2. The molecule has 3 aliphatic carbocycles. The molecule has 0 aromatic carbocycles.